The maximum absolute atomic E-state index is 13.7. The van der Waals surface area contributed by atoms with Crippen LogP contribution in [0.3, 0.4) is 0 Å². The van der Waals surface area contributed by atoms with Crippen LogP contribution in [0.2, 0.25) is 0 Å². The zero-order valence-electron chi connectivity index (χ0n) is 12.5. The molecule has 1 aromatic carbocycles. The molecule has 1 atom stereocenters. The van der Waals surface area contributed by atoms with Crippen molar-refractivity contribution in [3.63, 3.8) is 0 Å². The molecule has 0 saturated carbocycles. The smallest absolute Gasteiger partial charge is 0.126 e. The molecule has 0 amide bonds. The normalized spacial score (nSPS) is 12.6. The summed E-state index contributed by atoms with van der Waals surface area (Å²) in [5.74, 6) is 1.57. The average molecular weight is 299 g/mol. The van der Waals surface area contributed by atoms with Gasteiger partial charge in [-0.15, -0.1) is 0 Å². The number of benzene rings is 1. The Bertz CT molecular complexity index is 362. The Kier molecular flexibility index (Phi) is 9.71. The Morgan fingerprint density at radius 1 is 1.35 bits per heavy atom. The van der Waals surface area contributed by atoms with E-state index in [1.54, 1.807) is 19.2 Å². The number of methoxy groups -OCH3 is 1. The molecule has 0 spiro atoms. The third-order valence-electron chi connectivity index (χ3n) is 3.34. The Labute approximate surface area is 126 Å². The zero-order valence-corrected chi connectivity index (χ0v) is 13.3. The molecule has 0 aromatic heterocycles. The van der Waals surface area contributed by atoms with Gasteiger partial charge in [0.2, 0.25) is 0 Å². The molecular formula is C16H26FNOS. The molecule has 0 aliphatic heterocycles. The molecule has 0 aliphatic carbocycles. The molecule has 0 saturated heterocycles. The molecule has 0 fully saturated rings. The van der Waals surface area contributed by atoms with Gasteiger partial charge in [0, 0.05) is 13.7 Å². The highest BCUT2D eigenvalue weighted by molar-refractivity contribution is 7.98. The number of hydrogen-bond acceptors (Lipinski definition) is 3. The van der Waals surface area contributed by atoms with E-state index in [1.165, 1.54) is 12.2 Å². The van der Waals surface area contributed by atoms with E-state index in [0.717, 1.165) is 38.1 Å². The van der Waals surface area contributed by atoms with Gasteiger partial charge in [0.05, 0.1) is 6.61 Å². The van der Waals surface area contributed by atoms with E-state index in [0.29, 0.717) is 5.92 Å². The molecule has 1 unspecified atom stereocenters. The van der Waals surface area contributed by atoms with Crippen LogP contribution in [0.25, 0.3) is 0 Å². The van der Waals surface area contributed by atoms with Crippen molar-refractivity contribution in [2.75, 3.05) is 38.8 Å². The van der Waals surface area contributed by atoms with Gasteiger partial charge in [-0.2, -0.15) is 11.8 Å². The molecular weight excluding hydrogens is 273 g/mol. The first-order valence-corrected chi connectivity index (χ1v) is 8.59. The third kappa shape index (κ3) is 7.27. The summed E-state index contributed by atoms with van der Waals surface area (Å²) in [6.45, 7) is 2.50. The summed E-state index contributed by atoms with van der Waals surface area (Å²) >= 11 is 1.87. The van der Waals surface area contributed by atoms with Gasteiger partial charge in [-0.05, 0) is 55.4 Å². The lowest BCUT2D eigenvalue weighted by Crippen LogP contribution is -2.27. The molecule has 0 radical (unpaired) electrons. The van der Waals surface area contributed by atoms with E-state index in [4.69, 9.17) is 4.74 Å². The fraction of sp³-hybridized carbons (Fsp3) is 0.625. The van der Waals surface area contributed by atoms with Gasteiger partial charge >= 0.3 is 0 Å². The van der Waals surface area contributed by atoms with Gasteiger partial charge in [0.15, 0.2) is 0 Å². The molecule has 0 aliphatic rings. The number of rotatable bonds is 11. The minimum Gasteiger partial charge on any atom is -0.383 e. The van der Waals surface area contributed by atoms with Gasteiger partial charge in [-0.1, -0.05) is 18.2 Å². The summed E-state index contributed by atoms with van der Waals surface area (Å²) in [5, 5.41) is 3.40. The number of nitrogens with one attached hydrogen (secondary N) is 1. The second-order valence-corrected chi connectivity index (χ2v) is 5.98. The van der Waals surface area contributed by atoms with Crippen molar-refractivity contribution in [3.8, 4) is 0 Å². The third-order valence-corrected chi connectivity index (χ3v) is 4.04. The van der Waals surface area contributed by atoms with Crippen LogP contribution >= 0.6 is 11.8 Å². The second-order valence-electron chi connectivity index (χ2n) is 4.99. The number of halogens is 1. The van der Waals surface area contributed by atoms with E-state index < -0.39 is 0 Å². The Morgan fingerprint density at radius 2 is 2.15 bits per heavy atom. The van der Waals surface area contributed by atoms with Crippen molar-refractivity contribution >= 4 is 11.8 Å². The molecule has 1 rings (SSSR count). The first kappa shape index (κ1) is 17.5. The maximum atomic E-state index is 13.7. The molecule has 1 aromatic rings. The maximum Gasteiger partial charge on any atom is 0.126 e. The van der Waals surface area contributed by atoms with Crippen LogP contribution in [-0.2, 0) is 11.2 Å². The lowest BCUT2D eigenvalue weighted by molar-refractivity contribution is 0.197. The average Bonchev–Trinajstić information content (AvgIpc) is 2.46. The molecule has 20 heavy (non-hydrogen) atoms. The monoisotopic (exact) mass is 299 g/mol. The molecule has 1 N–H and O–H groups in total. The first-order chi connectivity index (χ1) is 9.77. The van der Waals surface area contributed by atoms with E-state index in [2.05, 4.69) is 11.6 Å². The minimum absolute atomic E-state index is 0.0840. The summed E-state index contributed by atoms with van der Waals surface area (Å²) in [7, 11) is 1.71. The SMILES string of the molecule is COCCNCC(CCCSC)Cc1ccccc1F. The predicted molar refractivity (Wildman–Crippen MR) is 86.0 cm³/mol. The van der Waals surface area contributed by atoms with Gasteiger partial charge in [-0.3, -0.25) is 0 Å². The highest BCUT2D eigenvalue weighted by Gasteiger charge is 2.12. The minimum atomic E-state index is -0.0840. The second kappa shape index (κ2) is 11.1. The van der Waals surface area contributed by atoms with E-state index in [9.17, 15) is 4.39 Å². The molecule has 4 heteroatoms. The van der Waals surface area contributed by atoms with Gasteiger partial charge in [0.25, 0.3) is 0 Å². The van der Waals surface area contributed by atoms with Gasteiger partial charge in [-0.25, -0.2) is 4.39 Å². The van der Waals surface area contributed by atoms with Gasteiger partial charge in [0.1, 0.15) is 5.82 Å². The van der Waals surface area contributed by atoms with Crippen molar-refractivity contribution in [1.29, 1.82) is 0 Å². The van der Waals surface area contributed by atoms with Crippen molar-refractivity contribution < 1.29 is 9.13 Å². The molecule has 0 bridgehead atoms. The fourth-order valence-corrected chi connectivity index (χ4v) is 2.70. The predicted octanol–water partition coefficient (Wildman–Crippen LogP) is 3.36. The van der Waals surface area contributed by atoms with Crippen LogP contribution in [0.1, 0.15) is 18.4 Å². The van der Waals surface area contributed by atoms with Crippen LogP contribution < -0.4 is 5.32 Å². The van der Waals surface area contributed by atoms with E-state index in [1.807, 2.05) is 23.9 Å². The highest BCUT2D eigenvalue weighted by atomic mass is 32.2. The summed E-state index contributed by atoms with van der Waals surface area (Å²) < 4.78 is 18.8. The van der Waals surface area contributed by atoms with E-state index >= 15 is 0 Å². The Morgan fingerprint density at radius 3 is 2.85 bits per heavy atom. The summed E-state index contributed by atoms with van der Waals surface area (Å²) in [6.07, 6.45) is 5.26. The van der Waals surface area contributed by atoms with Crippen LogP contribution in [0.5, 0.6) is 0 Å². The Hall–Kier alpha value is -0.580. The highest BCUT2D eigenvalue weighted by Crippen LogP contribution is 2.17. The van der Waals surface area contributed by atoms with Crippen molar-refractivity contribution in [3.05, 3.63) is 35.6 Å². The van der Waals surface area contributed by atoms with Crippen LogP contribution in [-0.4, -0.2) is 38.8 Å². The summed E-state index contributed by atoms with van der Waals surface area (Å²) in [6, 6.07) is 7.10. The topological polar surface area (TPSA) is 21.3 Å². The number of thioether (sulfide) groups is 1. The summed E-state index contributed by atoms with van der Waals surface area (Å²) in [4.78, 5) is 0. The van der Waals surface area contributed by atoms with Crippen molar-refractivity contribution in [2.45, 2.75) is 19.3 Å². The molecule has 2 nitrogen and oxygen atoms in total. The fourth-order valence-electron chi connectivity index (χ4n) is 2.25. The van der Waals surface area contributed by atoms with Crippen LogP contribution in [0.15, 0.2) is 24.3 Å². The lowest BCUT2D eigenvalue weighted by Gasteiger charge is -2.18. The summed E-state index contributed by atoms with van der Waals surface area (Å²) in [5.41, 5.74) is 0.829. The van der Waals surface area contributed by atoms with Crippen LogP contribution in [0.4, 0.5) is 4.39 Å². The lowest BCUT2D eigenvalue weighted by atomic mass is 9.94. The zero-order chi connectivity index (χ0) is 14.6. The Balaban J connectivity index is 2.46. The van der Waals surface area contributed by atoms with Crippen LogP contribution in [0, 0.1) is 11.7 Å². The molecule has 0 heterocycles. The molecule has 114 valence electrons. The standard InChI is InChI=1S/C16H26FNOS/c1-19-10-9-18-13-14(6-5-11-20-2)12-15-7-3-4-8-16(15)17/h3-4,7-8,14,18H,5-6,9-13H2,1-2H3. The number of hydrogen-bond donors (Lipinski definition) is 1. The largest absolute Gasteiger partial charge is 0.383 e. The first-order valence-electron chi connectivity index (χ1n) is 7.20. The van der Waals surface area contributed by atoms with E-state index in [-0.39, 0.29) is 5.82 Å². The van der Waals surface area contributed by atoms with Gasteiger partial charge < -0.3 is 10.1 Å². The quantitative estimate of drug-likeness (QED) is 0.633. The number of ether oxygens (including phenoxy) is 1. The van der Waals surface area contributed by atoms with Crippen molar-refractivity contribution in [1.82, 2.24) is 5.32 Å². The van der Waals surface area contributed by atoms with Crippen molar-refractivity contribution in [2.24, 2.45) is 5.92 Å².